The van der Waals surface area contributed by atoms with Crippen LogP contribution in [0.25, 0.3) is 33.5 Å². The van der Waals surface area contributed by atoms with Crippen molar-refractivity contribution >= 4 is 50.7 Å². The van der Waals surface area contributed by atoms with Gasteiger partial charge in [-0.1, -0.05) is 36.4 Å². The molecule has 0 amide bonds. The second-order valence-electron chi connectivity index (χ2n) is 9.44. The molecule has 43 heavy (non-hydrogen) atoms. The SMILES string of the molecule is CCOc1cc(C=Nn2c(-c3cc4c(OC)cccc4o3)nc3ccccc3c2=O)cc(I)c1OCc1ccccc1F. The fourth-order valence-corrected chi connectivity index (χ4v) is 5.45. The molecule has 0 fully saturated rings. The number of halogens is 2. The number of methoxy groups -OCH3 is 1. The van der Waals surface area contributed by atoms with E-state index in [1.165, 1.54) is 10.7 Å². The molecule has 6 aromatic rings. The Morgan fingerprint density at radius 1 is 0.977 bits per heavy atom. The quantitative estimate of drug-likeness (QED) is 0.116. The lowest BCUT2D eigenvalue weighted by molar-refractivity contribution is 0.264. The van der Waals surface area contributed by atoms with Crippen molar-refractivity contribution in [2.75, 3.05) is 13.7 Å². The van der Waals surface area contributed by atoms with Gasteiger partial charge in [0.05, 0.1) is 39.8 Å². The molecule has 0 saturated carbocycles. The Bertz CT molecular complexity index is 2050. The van der Waals surface area contributed by atoms with Crippen molar-refractivity contribution in [3.05, 3.63) is 116 Å². The average molecular weight is 689 g/mol. The fourth-order valence-electron chi connectivity index (χ4n) is 4.67. The zero-order valence-corrected chi connectivity index (χ0v) is 25.4. The van der Waals surface area contributed by atoms with Gasteiger partial charge in [-0.2, -0.15) is 9.78 Å². The number of hydrogen-bond donors (Lipinski definition) is 0. The van der Waals surface area contributed by atoms with Crippen molar-refractivity contribution in [2.24, 2.45) is 5.10 Å². The van der Waals surface area contributed by atoms with Gasteiger partial charge in [0, 0.05) is 5.56 Å². The highest BCUT2D eigenvalue weighted by Gasteiger charge is 2.18. The van der Waals surface area contributed by atoms with Crippen LogP contribution < -0.4 is 19.8 Å². The molecule has 2 aromatic heterocycles. The number of hydrogen-bond acceptors (Lipinski definition) is 7. The lowest BCUT2D eigenvalue weighted by atomic mass is 10.2. The second-order valence-corrected chi connectivity index (χ2v) is 10.6. The molecule has 0 aliphatic carbocycles. The number of furan rings is 1. The first-order valence-corrected chi connectivity index (χ1v) is 14.5. The van der Waals surface area contributed by atoms with Crippen LogP contribution in [-0.4, -0.2) is 29.6 Å². The molecular formula is C33H25FIN3O5. The number of ether oxygens (including phenoxy) is 3. The molecule has 4 aromatic carbocycles. The molecule has 0 N–H and O–H groups in total. The Balaban J connectivity index is 1.42. The van der Waals surface area contributed by atoms with E-state index in [1.54, 1.807) is 61.9 Å². The van der Waals surface area contributed by atoms with Crippen molar-refractivity contribution in [1.29, 1.82) is 0 Å². The molecule has 10 heteroatoms. The maximum atomic E-state index is 14.2. The van der Waals surface area contributed by atoms with E-state index in [4.69, 9.17) is 23.6 Å². The van der Waals surface area contributed by atoms with Crippen LogP contribution in [0.1, 0.15) is 18.1 Å². The minimum absolute atomic E-state index is 0.0417. The van der Waals surface area contributed by atoms with Gasteiger partial charge in [-0.3, -0.25) is 4.79 Å². The van der Waals surface area contributed by atoms with E-state index >= 15 is 0 Å². The zero-order chi connectivity index (χ0) is 29.9. The van der Waals surface area contributed by atoms with Crippen LogP contribution in [0.5, 0.6) is 17.2 Å². The fraction of sp³-hybridized carbons (Fsp3) is 0.121. The minimum atomic E-state index is -0.353. The van der Waals surface area contributed by atoms with Crippen LogP contribution in [0.15, 0.2) is 99.2 Å². The van der Waals surface area contributed by atoms with E-state index in [2.05, 4.69) is 27.7 Å². The topological polar surface area (TPSA) is 88.1 Å². The van der Waals surface area contributed by atoms with E-state index in [0.717, 1.165) is 8.96 Å². The Kier molecular flexibility index (Phi) is 8.10. The van der Waals surface area contributed by atoms with Crippen LogP contribution in [0.2, 0.25) is 0 Å². The number of aromatic nitrogens is 2. The highest BCUT2D eigenvalue weighted by atomic mass is 127. The number of benzene rings is 4. The third-order valence-corrected chi connectivity index (χ3v) is 7.50. The highest BCUT2D eigenvalue weighted by Crippen LogP contribution is 2.35. The summed E-state index contributed by atoms with van der Waals surface area (Å²) in [5.74, 6) is 1.86. The molecule has 0 atom stereocenters. The average Bonchev–Trinajstić information content (AvgIpc) is 3.46. The molecule has 0 unspecified atom stereocenters. The summed E-state index contributed by atoms with van der Waals surface area (Å²) in [6.07, 6.45) is 1.55. The van der Waals surface area contributed by atoms with E-state index in [0.29, 0.717) is 57.2 Å². The van der Waals surface area contributed by atoms with Gasteiger partial charge < -0.3 is 18.6 Å². The molecule has 0 aliphatic rings. The van der Waals surface area contributed by atoms with Crippen LogP contribution in [0.3, 0.4) is 0 Å². The third kappa shape index (κ3) is 5.70. The van der Waals surface area contributed by atoms with Gasteiger partial charge in [0.25, 0.3) is 5.56 Å². The van der Waals surface area contributed by atoms with E-state index in [-0.39, 0.29) is 23.8 Å². The predicted octanol–water partition coefficient (Wildman–Crippen LogP) is 7.42. The van der Waals surface area contributed by atoms with Crippen molar-refractivity contribution in [3.8, 4) is 28.8 Å². The van der Waals surface area contributed by atoms with Gasteiger partial charge in [-0.05, 0) is 83.6 Å². The van der Waals surface area contributed by atoms with Crippen LogP contribution >= 0.6 is 22.6 Å². The molecule has 8 nitrogen and oxygen atoms in total. The summed E-state index contributed by atoms with van der Waals surface area (Å²) >= 11 is 2.14. The molecule has 2 heterocycles. The van der Waals surface area contributed by atoms with E-state index in [1.807, 2.05) is 37.3 Å². The minimum Gasteiger partial charge on any atom is -0.496 e. The van der Waals surface area contributed by atoms with Gasteiger partial charge in [0.2, 0.25) is 5.82 Å². The predicted molar refractivity (Wildman–Crippen MR) is 172 cm³/mol. The van der Waals surface area contributed by atoms with Gasteiger partial charge in [0.15, 0.2) is 17.3 Å². The zero-order valence-electron chi connectivity index (χ0n) is 23.2. The van der Waals surface area contributed by atoms with Gasteiger partial charge in [0.1, 0.15) is 23.8 Å². The van der Waals surface area contributed by atoms with E-state index in [9.17, 15) is 9.18 Å². The molecule has 0 spiro atoms. The number of rotatable bonds is 9. The van der Waals surface area contributed by atoms with Crippen molar-refractivity contribution in [2.45, 2.75) is 13.5 Å². The summed E-state index contributed by atoms with van der Waals surface area (Å²) in [6, 6.07) is 24.4. The smallest absolute Gasteiger partial charge is 0.282 e. The monoisotopic (exact) mass is 689 g/mol. The van der Waals surface area contributed by atoms with E-state index < -0.39 is 0 Å². The largest absolute Gasteiger partial charge is 0.496 e. The summed E-state index contributed by atoms with van der Waals surface area (Å²) in [5.41, 5.74) is 1.85. The van der Waals surface area contributed by atoms with Crippen molar-refractivity contribution < 1.29 is 23.0 Å². The maximum absolute atomic E-state index is 14.2. The summed E-state index contributed by atoms with van der Waals surface area (Å²) in [5, 5.41) is 5.73. The van der Waals surface area contributed by atoms with Gasteiger partial charge >= 0.3 is 0 Å². The molecule has 0 radical (unpaired) electrons. The lowest BCUT2D eigenvalue weighted by Crippen LogP contribution is -2.20. The molecule has 0 bridgehead atoms. The summed E-state index contributed by atoms with van der Waals surface area (Å²) in [4.78, 5) is 18.4. The van der Waals surface area contributed by atoms with Crippen molar-refractivity contribution in [3.63, 3.8) is 0 Å². The number of fused-ring (bicyclic) bond motifs is 2. The summed E-state index contributed by atoms with van der Waals surface area (Å²) in [7, 11) is 1.59. The van der Waals surface area contributed by atoms with Gasteiger partial charge in [-0.15, -0.1) is 0 Å². The Labute approximate surface area is 259 Å². The maximum Gasteiger partial charge on any atom is 0.282 e. The van der Waals surface area contributed by atoms with Crippen molar-refractivity contribution in [1.82, 2.24) is 9.66 Å². The molecule has 6 rings (SSSR count). The Morgan fingerprint density at radius 2 is 1.79 bits per heavy atom. The summed E-state index contributed by atoms with van der Waals surface area (Å²) < 4.78 is 39.6. The van der Waals surface area contributed by atoms with Gasteiger partial charge in [-0.25, -0.2) is 9.37 Å². The Morgan fingerprint density at radius 3 is 2.60 bits per heavy atom. The second kappa shape index (κ2) is 12.3. The van der Waals surface area contributed by atoms with Crippen LogP contribution in [-0.2, 0) is 6.61 Å². The highest BCUT2D eigenvalue weighted by molar-refractivity contribution is 14.1. The number of para-hydroxylation sites is 1. The summed E-state index contributed by atoms with van der Waals surface area (Å²) in [6.45, 7) is 2.30. The third-order valence-electron chi connectivity index (χ3n) is 6.70. The first-order valence-electron chi connectivity index (χ1n) is 13.4. The standard InChI is InChI=1S/C33H25FIN3O5/c1-3-41-29-16-20(15-25(35)31(29)42-19-21-9-4-6-11-24(21)34)18-36-38-32(37-26-12-7-5-10-22(26)33(38)39)30-17-23-27(40-2)13-8-14-28(23)43-30/h4-18H,3,19H2,1-2H3. The first-order chi connectivity index (χ1) is 21.0. The van der Waals surface area contributed by atoms with Crippen LogP contribution in [0.4, 0.5) is 4.39 Å². The molecule has 0 saturated heterocycles. The first kappa shape index (κ1) is 28.4. The van der Waals surface area contributed by atoms with Crippen LogP contribution in [0, 0.1) is 9.39 Å². The lowest BCUT2D eigenvalue weighted by Gasteiger charge is -2.15. The molecular weight excluding hydrogens is 664 g/mol. The molecule has 216 valence electrons. The molecule has 0 aliphatic heterocycles. The Hall–Kier alpha value is -4.71. The number of nitrogens with zero attached hydrogens (tertiary/aromatic N) is 3. The normalized spacial score (nSPS) is 11.4.